The number of piperidine rings is 1. The summed E-state index contributed by atoms with van der Waals surface area (Å²) >= 11 is 0. The number of imidazole rings is 1. The van der Waals surface area contributed by atoms with Gasteiger partial charge in [0.2, 0.25) is 18.1 Å². The van der Waals surface area contributed by atoms with Crippen molar-refractivity contribution in [2.24, 2.45) is 17.6 Å². The minimum absolute atomic E-state index is 0.0441. The van der Waals surface area contributed by atoms with E-state index in [9.17, 15) is 9.18 Å². The lowest BCUT2D eigenvalue weighted by molar-refractivity contribution is 0.0751. The fraction of sp³-hybridized carbons (Fsp3) is 0.300. The summed E-state index contributed by atoms with van der Waals surface area (Å²) in [5.74, 6) is 0.890. The normalized spacial score (nSPS) is 19.9. The summed E-state index contributed by atoms with van der Waals surface area (Å²) in [5.41, 5.74) is 10.7. The predicted molar refractivity (Wildman–Crippen MR) is 147 cm³/mol. The number of ether oxygens (including phenoxy) is 1. The third-order valence-electron chi connectivity index (χ3n) is 7.87. The Kier molecular flexibility index (Phi) is 5.69. The summed E-state index contributed by atoms with van der Waals surface area (Å²) in [7, 11) is 0. The molecule has 1 saturated heterocycles. The molecular formula is C30H28FN7O3. The SMILES string of the molecule is Cc1cn2cc(C(=O)N3C[C@@H]4C(Oc5cc(C(C)(C)N)cc(-c6ccc(F)cc6)n5)[C@@H]4C3)cc(-c3ncon3)c2n1. The Morgan fingerprint density at radius 1 is 1.10 bits per heavy atom. The average molecular weight is 554 g/mol. The number of aromatic nitrogens is 5. The van der Waals surface area contributed by atoms with Crippen molar-refractivity contribution in [3.05, 3.63) is 83.9 Å². The maximum Gasteiger partial charge on any atom is 0.255 e. The molecule has 0 radical (unpaired) electrons. The van der Waals surface area contributed by atoms with E-state index in [0.29, 0.717) is 47.3 Å². The fourth-order valence-corrected chi connectivity index (χ4v) is 5.63. The van der Waals surface area contributed by atoms with Crippen LogP contribution in [0.5, 0.6) is 5.88 Å². The Morgan fingerprint density at radius 3 is 2.54 bits per heavy atom. The van der Waals surface area contributed by atoms with Crippen LogP contribution in [0.15, 0.2) is 65.8 Å². The Balaban J connectivity index is 1.09. The third kappa shape index (κ3) is 4.61. The Morgan fingerprint density at radius 2 is 1.85 bits per heavy atom. The number of nitrogens with two attached hydrogens (primary N) is 1. The van der Waals surface area contributed by atoms with Crippen LogP contribution in [0.2, 0.25) is 0 Å². The molecular weight excluding hydrogens is 525 g/mol. The van der Waals surface area contributed by atoms with Crippen molar-refractivity contribution < 1.29 is 18.4 Å². The van der Waals surface area contributed by atoms with Crippen LogP contribution in [0.4, 0.5) is 4.39 Å². The zero-order valence-corrected chi connectivity index (χ0v) is 22.8. The molecule has 3 atom stereocenters. The van der Waals surface area contributed by atoms with Gasteiger partial charge in [0.25, 0.3) is 5.91 Å². The monoisotopic (exact) mass is 553 g/mol. The molecule has 1 amide bonds. The number of benzene rings is 1. The highest BCUT2D eigenvalue weighted by atomic mass is 19.1. The van der Waals surface area contributed by atoms with Gasteiger partial charge in [-0.3, -0.25) is 4.79 Å². The van der Waals surface area contributed by atoms with Gasteiger partial charge in [-0.05, 0) is 62.7 Å². The Hall–Kier alpha value is -4.64. The number of hydrogen-bond acceptors (Lipinski definition) is 8. The minimum atomic E-state index is -0.617. The van der Waals surface area contributed by atoms with Crippen LogP contribution in [0.1, 0.15) is 35.5 Å². The second-order valence-corrected chi connectivity index (χ2v) is 11.4. The van der Waals surface area contributed by atoms with Crippen molar-refractivity contribution in [1.82, 2.24) is 29.4 Å². The Labute approximate surface area is 235 Å². The van der Waals surface area contributed by atoms with Crippen LogP contribution < -0.4 is 10.5 Å². The van der Waals surface area contributed by atoms with Gasteiger partial charge in [-0.1, -0.05) is 5.16 Å². The summed E-state index contributed by atoms with van der Waals surface area (Å²) in [4.78, 5) is 28.9. The summed E-state index contributed by atoms with van der Waals surface area (Å²) in [6, 6.07) is 11.7. The number of likely N-dealkylation sites (tertiary alicyclic amines) is 1. The van der Waals surface area contributed by atoms with E-state index in [4.69, 9.17) is 20.0 Å². The van der Waals surface area contributed by atoms with Crippen molar-refractivity contribution in [2.75, 3.05) is 13.1 Å². The van der Waals surface area contributed by atoms with E-state index in [0.717, 1.165) is 16.8 Å². The summed E-state index contributed by atoms with van der Waals surface area (Å²) in [5, 5.41) is 3.95. The molecule has 1 aliphatic heterocycles. The summed E-state index contributed by atoms with van der Waals surface area (Å²) < 4.78 is 26.6. The van der Waals surface area contributed by atoms with Gasteiger partial charge in [-0.25, -0.2) is 14.4 Å². The molecule has 7 rings (SSSR count). The number of rotatable bonds is 6. The van der Waals surface area contributed by atoms with E-state index in [1.807, 2.05) is 48.4 Å². The molecule has 4 aromatic heterocycles. The third-order valence-corrected chi connectivity index (χ3v) is 7.87. The quantitative estimate of drug-likeness (QED) is 0.331. The fourth-order valence-electron chi connectivity index (χ4n) is 5.63. The number of aryl methyl sites for hydroxylation is 1. The number of amides is 1. The van der Waals surface area contributed by atoms with Crippen molar-refractivity contribution in [3.8, 4) is 28.5 Å². The highest BCUT2D eigenvalue weighted by Crippen LogP contribution is 2.48. The van der Waals surface area contributed by atoms with Gasteiger partial charge >= 0.3 is 0 Å². The molecule has 2 fully saturated rings. The smallest absolute Gasteiger partial charge is 0.255 e. The molecule has 5 aromatic rings. The van der Waals surface area contributed by atoms with Gasteiger partial charge in [0.1, 0.15) is 17.6 Å². The maximum atomic E-state index is 13.6. The molecule has 11 heteroatoms. The van der Waals surface area contributed by atoms with E-state index in [1.54, 1.807) is 24.4 Å². The first-order chi connectivity index (χ1) is 19.6. The van der Waals surface area contributed by atoms with Crippen molar-refractivity contribution >= 4 is 11.6 Å². The zero-order chi connectivity index (χ0) is 28.5. The van der Waals surface area contributed by atoms with Crippen molar-refractivity contribution in [3.63, 3.8) is 0 Å². The lowest BCUT2D eigenvalue weighted by Crippen LogP contribution is -2.33. The Bertz CT molecular complexity index is 1760. The minimum Gasteiger partial charge on any atom is -0.474 e. The molecule has 1 aromatic carbocycles. The van der Waals surface area contributed by atoms with Crippen molar-refractivity contribution in [2.45, 2.75) is 32.4 Å². The topological polar surface area (TPSA) is 125 Å². The molecule has 41 heavy (non-hydrogen) atoms. The van der Waals surface area contributed by atoms with Gasteiger partial charge in [-0.2, -0.15) is 4.98 Å². The largest absolute Gasteiger partial charge is 0.474 e. The molecule has 1 saturated carbocycles. The molecule has 10 nitrogen and oxygen atoms in total. The van der Waals surface area contributed by atoms with E-state index in [1.165, 1.54) is 18.5 Å². The second kappa shape index (κ2) is 9.20. The van der Waals surface area contributed by atoms with Crippen LogP contribution in [0.25, 0.3) is 28.3 Å². The number of pyridine rings is 2. The molecule has 1 unspecified atom stereocenters. The highest BCUT2D eigenvalue weighted by molar-refractivity contribution is 5.96. The molecule has 0 spiro atoms. The van der Waals surface area contributed by atoms with Gasteiger partial charge in [0, 0.05) is 54.5 Å². The van der Waals surface area contributed by atoms with Crippen molar-refractivity contribution in [1.29, 1.82) is 0 Å². The number of nitrogens with zero attached hydrogens (tertiary/aromatic N) is 6. The molecule has 208 valence electrons. The standard InChI is InChI=1S/C30H28FN7O3/c1-16-11-37-12-18(8-21(28(37)34-16)27-33-15-40-36-27)29(39)38-13-22-23(14-38)26(22)41-25-10-19(30(2,3)32)9-24(35-25)17-4-6-20(31)7-5-17/h4-12,15,22-23,26H,13-14,32H2,1-3H3/t22-,23+,26?. The number of carbonyl (C=O) groups is 1. The number of carbonyl (C=O) groups excluding carboxylic acids is 1. The lowest BCUT2D eigenvalue weighted by Gasteiger charge is -2.23. The number of fused-ring (bicyclic) bond motifs is 2. The molecule has 5 heterocycles. The van der Waals surface area contributed by atoms with E-state index < -0.39 is 5.54 Å². The van der Waals surface area contributed by atoms with Gasteiger partial charge < -0.3 is 24.3 Å². The molecule has 2 aliphatic rings. The lowest BCUT2D eigenvalue weighted by atomic mass is 9.95. The first kappa shape index (κ1) is 25.3. The van der Waals surface area contributed by atoms with Crippen LogP contribution >= 0.6 is 0 Å². The summed E-state index contributed by atoms with van der Waals surface area (Å²) in [6.07, 6.45) is 4.87. The van der Waals surface area contributed by atoms with Crippen LogP contribution in [-0.4, -0.2) is 54.5 Å². The summed E-state index contributed by atoms with van der Waals surface area (Å²) in [6.45, 7) is 6.90. The molecule has 1 aliphatic carbocycles. The van der Waals surface area contributed by atoms with Crippen LogP contribution in [0, 0.1) is 24.6 Å². The second-order valence-electron chi connectivity index (χ2n) is 11.4. The molecule has 2 N–H and O–H groups in total. The van der Waals surface area contributed by atoms with E-state index >= 15 is 0 Å². The van der Waals surface area contributed by atoms with E-state index in [-0.39, 0.29) is 29.7 Å². The highest BCUT2D eigenvalue weighted by Gasteiger charge is 2.59. The van der Waals surface area contributed by atoms with Crippen LogP contribution in [0.3, 0.4) is 0 Å². The van der Waals surface area contributed by atoms with Gasteiger partial charge in [0.15, 0.2) is 0 Å². The number of hydrogen-bond donors (Lipinski definition) is 1. The predicted octanol–water partition coefficient (Wildman–Crippen LogP) is 4.24. The number of halogens is 1. The average Bonchev–Trinajstić information content (AvgIpc) is 3.44. The maximum absolute atomic E-state index is 13.6. The zero-order valence-electron chi connectivity index (χ0n) is 22.8. The first-order valence-electron chi connectivity index (χ1n) is 13.4. The van der Waals surface area contributed by atoms with Gasteiger partial charge in [0.05, 0.1) is 22.5 Å². The van der Waals surface area contributed by atoms with Gasteiger partial charge in [-0.15, -0.1) is 0 Å². The molecule has 0 bridgehead atoms. The van der Waals surface area contributed by atoms with Crippen LogP contribution in [-0.2, 0) is 5.54 Å². The first-order valence-corrected chi connectivity index (χ1v) is 13.4. The van der Waals surface area contributed by atoms with E-state index in [2.05, 4.69) is 15.1 Å².